The quantitative estimate of drug-likeness (QED) is 0.202. The summed E-state index contributed by atoms with van der Waals surface area (Å²) in [7, 11) is 0. The predicted molar refractivity (Wildman–Crippen MR) is 139 cm³/mol. The van der Waals surface area contributed by atoms with Crippen molar-refractivity contribution in [2.24, 2.45) is 0 Å². The molecule has 4 aromatic carbocycles. The van der Waals surface area contributed by atoms with E-state index in [1.807, 2.05) is 121 Å². The van der Waals surface area contributed by atoms with Crippen molar-refractivity contribution >= 4 is 18.4 Å². The first-order valence-corrected chi connectivity index (χ1v) is 16.4. The summed E-state index contributed by atoms with van der Waals surface area (Å²) in [6.07, 6.45) is 0. The summed E-state index contributed by atoms with van der Waals surface area (Å²) in [5.41, 5.74) is 3.79. The Labute approximate surface area is 200 Å². The van der Waals surface area contributed by atoms with E-state index in [1.165, 1.54) is 0 Å². The Morgan fingerprint density at radius 3 is 0.727 bits per heavy atom. The molecule has 33 heavy (non-hydrogen) atoms. The molecule has 0 radical (unpaired) electrons. The molecule has 0 fully saturated rings. The molecule has 0 saturated carbocycles. The summed E-state index contributed by atoms with van der Waals surface area (Å²) in [5.74, 6) is 13.3. The molecule has 1 heteroatoms. The molecule has 4 rings (SSSR count). The Morgan fingerprint density at radius 2 is 0.515 bits per heavy atom. The van der Waals surface area contributed by atoms with Crippen molar-refractivity contribution in [1.82, 2.24) is 0 Å². The van der Waals surface area contributed by atoms with Crippen molar-refractivity contribution < 1.29 is 0 Å². The van der Waals surface area contributed by atoms with Crippen LogP contribution in [0.15, 0.2) is 121 Å². The monoisotopic (exact) mass is 524 g/mol. The van der Waals surface area contributed by atoms with Crippen LogP contribution in [0.25, 0.3) is 0 Å². The first-order chi connectivity index (χ1) is 16.3. The van der Waals surface area contributed by atoms with Gasteiger partial charge in [0.15, 0.2) is 0 Å². The van der Waals surface area contributed by atoms with Crippen molar-refractivity contribution in [3.63, 3.8) is 0 Å². The van der Waals surface area contributed by atoms with Crippen molar-refractivity contribution in [1.29, 1.82) is 0 Å². The molecule has 0 atom stereocenters. The Hall–Kier alpha value is -4.08. The van der Waals surface area contributed by atoms with E-state index < -0.39 is 18.4 Å². The van der Waals surface area contributed by atoms with Gasteiger partial charge in [-0.25, -0.2) is 0 Å². The Bertz CT molecular complexity index is 1210. The first-order valence-electron chi connectivity index (χ1n) is 10.6. The van der Waals surface area contributed by atoms with Crippen LogP contribution in [0.3, 0.4) is 0 Å². The standard InChI is InChI=1S/4C8H5.Sn/c4*1-2-8-6-4-3-5-7-8;/h4*3-7H;. The first kappa shape index (κ1) is 22.1. The SMILES string of the molecule is C(#[C][Sn]([C]#Cc1ccccc1)([C]#Cc1ccccc1)[C]#Cc1ccccc1)c1ccccc1. The summed E-state index contributed by atoms with van der Waals surface area (Å²) < 4.78 is 14.0. The summed E-state index contributed by atoms with van der Waals surface area (Å²) in [4.78, 5) is 0. The average molecular weight is 523 g/mol. The summed E-state index contributed by atoms with van der Waals surface area (Å²) in [6, 6.07) is 39.9. The fourth-order valence-electron chi connectivity index (χ4n) is 2.94. The van der Waals surface area contributed by atoms with E-state index in [0.717, 1.165) is 22.3 Å². The number of rotatable bonds is 0. The van der Waals surface area contributed by atoms with Gasteiger partial charge in [-0.05, 0) is 0 Å². The zero-order chi connectivity index (χ0) is 22.6. The van der Waals surface area contributed by atoms with Gasteiger partial charge < -0.3 is 0 Å². The third kappa shape index (κ3) is 6.96. The van der Waals surface area contributed by atoms with E-state index in [1.54, 1.807) is 0 Å². The van der Waals surface area contributed by atoms with Gasteiger partial charge in [-0.2, -0.15) is 0 Å². The van der Waals surface area contributed by atoms with E-state index in [-0.39, 0.29) is 0 Å². The van der Waals surface area contributed by atoms with Crippen LogP contribution in [0.4, 0.5) is 0 Å². The van der Waals surface area contributed by atoms with E-state index in [9.17, 15) is 0 Å². The van der Waals surface area contributed by atoms with Crippen LogP contribution in [0.5, 0.6) is 0 Å². The van der Waals surface area contributed by atoms with Gasteiger partial charge in [0.2, 0.25) is 0 Å². The maximum atomic E-state index is 3.50. The van der Waals surface area contributed by atoms with Crippen molar-refractivity contribution in [3.8, 4) is 39.4 Å². The van der Waals surface area contributed by atoms with Crippen molar-refractivity contribution in [3.05, 3.63) is 144 Å². The number of hydrogen-bond donors (Lipinski definition) is 0. The molecule has 0 heterocycles. The van der Waals surface area contributed by atoms with Gasteiger partial charge in [-0.1, -0.05) is 0 Å². The fraction of sp³-hybridized carbons (Fsp3) is 0. The third-order valence-electron chi connectivity index (χ3n) is 4.67. The molecule has 0 bridgehead atoms. The van der Waals surface area contributed by atoms with Crippen LogP contribution >= 0.6 is 0 Å². The molecular formula is C32H20Sn. The van der Waals surface area contributed by atoms with E-state index in [4.69, 9.17) is 0 Å². The molecule has 0 nitrogen and oxygen atoms in total. The summed E-state index contributed by atoms with van der Waals surface area (Å²) in [5, 5.41) is 0. The third-order valence-corrected chi connectivity index (χ3v) is 10.4. The Kier molecular flexibility index (Phi) is 7.72. The van der Waals surface area contributed by atoms with Crippen LogP contribution < -0.4 is 0 Å². The Morgan fingerprint density at radius 1 is 0.303 bits per heavy atom. The molecule has 0 unspecified atom stereocenters. The van der Waals surface area contributed by atoms with Gasteiger partial charge in [0.05, 0.1) is 0 Å². The summed E-state index contributed by atoms with van der Waals surface area (Å²) in [6.45, 7) is 0. The second kappa shape index (κ2) is 11.5. The summed E-state index contributed by atoms with van der Waals surface area (Å²) >= 11 is -3.91. The second-order valence-corrected chi connectivity index (χ2v) is 14.3. The van der Waals surface area contributed by atoms with Gasteiger partial charge in [-0.15, -0.1) is 0 Å². The minimum absolute atomic E-state index is 0.947. The Balaban J connectivity index is 1.88. The predicted octanol–water partition coefficient (Wildman–Crippen LogP) is 5.80. The van der Waals surface area contributed by atoms with Crippen molar-refractivity contribution in [2.45, 2.75) is 0 Å². The van der Waals surface area contributed by atoms with E-state index in [2.05, 4.69) is 39.4 Å². The molecule has 0 aromatic heterocycles. The van der Waals surface area contributed by atoms with Crippen LogP contribution in [0.1, 0.15) is 22.3 Å². The van der Waals surface area contributed by atoms with Crippen LogP contribution in [0, 0.1) is 39.4 Å². The fourth-order valence-corrected chi connectivity index (χ4v) is 7.80. The molecule has 0 aliphatic heterocycles. The van der Waals surface area contributed by atoms with Crippen molar-refractivity contribution in [2.75, 3.05) is 0 Å². The molecule has 0 N–H and O–H groups in total. The molecule has 4 aromatic rings. The molecule has 0 spiro atoms. The molecule has 0 saturated heterocycles. The van der Waals surface area contributed by atoms with Gasteiger partial charge in [0, 0.05) is 0 Å². The van der Waals surface area contributed by atoms with Gasteiger partial charge in [0.25, 0.3) is 0 Å². The van der Waals surface area contributed by atoms with Gasteiger partial charge in [0.1, 0.15) is 0 Å². The van der Waals surface area contributed by atoms with Gasteiger partial charge >= 0.3 is 201 Å². The van der Waals surface area contributed by atoms with E-state index in [0.29, 0.717) is 0 Å². The van der Waals surface area contributed by atoms with Crippen LogP contribution in [0.2, 0.25) is 0 Å². The number of benzene rings is 4. The molecular weight excluding hydrogens is 503 g/mol. The average Bonchev–Trinajstić information content (AvgIpc) is 2.90. The number of hydrogen-bond acceptors (Lipinski definition) is 0. The normalized spacial score (nSPS) is 9.45. The second-order valence-electron chi connectivity index (χ2n) is 7.21. The minimum atomic E-state index is -3.91. The van der Waals surface area contributed by atoms with Gasteiger partial charge in [-0.3, -0.25) is 0 Å². The van der Waals surface area contributed by atoms with Crippen LogP contribution in [-0.2, 0) is 0 Å². The molecule has 152 valence electrons. The zero-order valence-corrected chi connectivity index (χ0v) is 20.9. The molecule has 0 aliphatic carbocycles. The zero-order valence-electron chi connectivity index (χ0n) is 18.0. The molecule has 0 amide bonds. The van der Waals surface area contributed by atoms with E-state index >= 15 is 0 Å². The molecule has 0 aliphatic rings. The van der Waals surface area contributed by atoms with Crippen LogP contribution in [-0.4, -0.2) is 18.4 Å². The topological polar surface area (TPSA) is 0 Å². The maximum absolute atomic E-state index is 3.91.